The maximum Gasteiger partial charge on any atom is 0.175 e. The largest absolute Gasteiger partial charge is 0.496 e. The lowest BCUT2D eigenvalue weighted by molar-refractivity contribution is 0.410. The van der Waals surface area contributed by atoms with Crippen LogP contribution in [0.2, 0.25) is 5.02 Å². The molecule has 0 saturated heterocycles. The number of hydrogen-bond acceptors (Lipinski definition) is 3. The van der Waals surface area contributed by atoms with Crippen LogP contribution in [0.4, 0.5) is 0 Å². The zero-order valence-corrected chi connectivity index (χ0v) is 13.8. The van der Waals surface area contributed by atoms with Crippen molar-refractivity contribution in [2.45, 2.75) is 10.3 Å². The topological polar surface area (TPSA) is 43.4 Å². The first-order valence-corrected chi connectivity index (χ1v) is 8.81. The Balaban J connectivity index is 2.40. The molecular formula is C15H14Cl2O3S. The van der Waals surface area contributed by atoms with Crippen LogP contribution in [-0.2, 0) is 9.84 Å². The second-order valence-electron chi connectivity index (χ2n) is 4.59. The van der Waals surface area contributed by atoms with Crippen LogP contribution >= 0.6 is 23.2 Å². The molecule has 2 aromatic rings. The third-order valence-electron chi connectivity index (χ3n) is 3.07. The Labute approximate surface area is 134 Å². The summed E-state index contributed by atoms with van der Waals surface area (Å²) < 4.78 is 28.2. The minimum atomic E-state index is -3.22. The Bertz CT molecular complexity index is 740. The average Bonchev–Trinajstić information content (AvgIpc) is 2.45. The summed E-state index contributed by atoms with van der Waals surface area (Å²) in [7, 11) is -1.66. The number of halogens is 2. The fourth-order valence-electron chi connectivity index (χ4n) is 1.97. The molecule has 21 heavy (non-hydrogen) atoms. The van der Waals surface area contributed by atoms with Gasteiger partial charge in [0, 0.05) is 16.8 Å². The molecule has 0 saturated carbocycles. The third kappa shape index (κ3) is 3.70. The zero-order chi connectivity index (χ0) is 15.6. The molecule has 3 nitrogen and oxygen atoms in total. The fraction of sp³-hybridized carbons (Fsp3) is 0.200. The smallest absolute Gasteiger partial charge is 0.175 e. The van der Waals surface area contributed by atoms with Gasteiger partial charge in [0.05, 0.1) is 17.4 Å². The van der Waals surface area contributed by atoms with Gasteiger partial charge in [-0.15, -0.1) is 11.6 Å². The van der Waals surface area contributed by atoms with Crippen LogP contribution in [-0.4, -0.2) is 21.8 Å². The first-order chi connectivity index (χ1) is 9.82. The SMILES string of the molecule is COc1ccc(Cl)cc1C(Cl)c1ccc(S(C)(=O)=O)cc1. The summed E-state index contributed by atoms with van der Waals surface area (Å²) in [6.07, 6.45) is 1.17. The van der Waals surface area contributed by atoms with E-state index in [0.29, 0.717) is 10.8 Å². The second kappa shape index (κ2) is 6.26. The molecule has 0 amide bonds. The van der Waals surface area contributed by atoms with Crippen molar-refractivity contribution >= 4 is 33.0 Å². The average molecular weight is 345 g/mol. The van der Waals surface area contributed by atoms with Gasteiger partial charge >= 0.3 is 0 Å². The van der Waals surface area contributed by atoms with Gasteiger partial charge in [0.1, 0.15) is 5.75 Å². The number of alkyl halides is 1. The Kier molecular flexibility index (Phi) is 4.81. The summed E-state index contributed by atoms with van der Waals surface area (Å²) in [6.45, 7) is 0. The van der Waals surface area contributed by atoms with Crippen molar-refractivity contribution in [2.75, 3.05) is 13.4 Å². The molecule has 112 valence electrons. The van der Waals surface area contributed by atoms with Crippen LogP contribution in [0, 0.1) is 0 Å². The molecule has 0 spiro atoms. The molecule has 6 heteroatoms. The lowest BCUT2D eigenvalue weighted by Gasteiger charge is -2.15. The number of ether oxygens (including phenoxy) is 1. The van der Waals surface area contributed by atoms with Crippen molar-refractivity contribution in [3.05, 3.63) is 58.6 Å². The highest BCUT2D eigenvalue weighted by atomic mass is 35.5. The second-order valence-corrected chi connectivity index (χ2v) is 7.48. The zero-order valence-electron chi connectivity index (χ0n) is 11.5. The lowest BCUT2D eigenvalue weighted by atomic mass is 10.0. The normalized spacial score (nSPS) is 13.0. The molecule has 2 rings (SSSR count). The van der Waals surface area contributed by atoms with Crippen LogP contribution in [0.1, 0.15) is 16.5 Å². The molecule has 0 radical (unpaired) electrons. The fourth-order valence-corrected chi connectivity index (χ4v) is 3.09. The van der Waals surface area contributed by atoms with E-state index in [4.69, 9.17) is 27.9 Å². The highest BCUT2D eigenvalue weighted by molar-refractivity contribution is 7.90. The molecule has 0 aliphatic heterocycles. The van der Waals surface area contributed by atoms with Crippen LogP contribution in [0.5, 0.6) is 5.75 Å². The monoisotopic (exact) mass is 344 g/mol. The molecular weight excluding hydrogens is 331 g/mol. The van der Waals surface area contributed by atoms with E-state index in [1.54, 1.807) is 37.4 Å². The molecule has 1 atom stereocenters. The van der Waals surface area contributed by atoms with Crippen LogP contribution < -0.4 is 4.74 Å². The van der Waals surface area contributed by atoms with Gasteiger partial charge in [-0.2, -0.15) is 0 Å². The predicted octanol–water partition coefficient (Wildman–Crippen LogP) is 4.08. The first-order valence-electron chi connectivity index (χ1n) is 6.10. The van der Waals surface area contributed by atoms with E-state index in [9.17, 15) is 8.42 Å². The molecule has 0 bridgehead atoms. The predicted molar refractivity (Wildman–Crippen MR) is 85.3 cm³/mol. The van der Waals surface area contributed by atoms with Crippen molar-refractivity contribution in [2.24, 2.45) is 0 Å². The van der Waals surface area contributed by atoms with Crippen LogP contribution in [0.25, 0.3) is 0 Å². The summed E-state index contributed by atoms with van der Waals surface area (Å²) in [4.78, 5) is 0.258. The van der Waals surface area contributed by atoms with Crippen molar-refractivity contribution in [1.82, 2.24) is 0 Å². The number of benzene rings is 2. The maximum absolute atomic E-state index is 11.5. The van der Waals surface area contributed by atoms with E-state index in [-0.39, 0.29) is 4.90 Å². The molecule has 0 N–H and O–H groups in total. The van der Waals surface area contributed by atoms with E-state index < -0.39 is 15.2 Å². The number of methoxy groups -OCH3 is 1. The molecule has 0 aliphatic carbocycles. The first kappa shape index (κ1) is 16.1. The highest BCUT2D eigenvalue weighted by Crippen LogP contribution is 2.36. The standard InChI is InChI=1S/C15H14Cl2O3S/c1-20-14-8-5-11(16)9-13(14)15(17)10-3-6-12(7-4-10)21(2,18)19/h3-9,15H,1-2H3. The number of hydrogen-bond donors (Lipinski definition) is 0. The summed E-state index contributed by atoms with van der Waals surface area (Å²) in [5.74, 6) is 0.631. The maximum atomic E-state index is 11.5. The summed E-state index contributed by atoms with van der Waals surface area (Å²) in [5.41, 5.74) is 1.50. The van der Waals surface area contributed by atoms with Gasteiger partial charge in [-0.1, -0.05) is 23.7 Å². The van der Waals surface area contributed by atoms with E-state index in [2.05, 4.69) is 0 Å². The van der Waals surface area contributed by atoms with Gasteiger partial charge in [-0.3, -0.25) is 0 Å². The third-order valence-corrected chi connectivity index (χ3v) is 4.92. The molecule has 0 heterocycles. The molecule has 0 aromatic heterocycles. The van der Waals surface area contributed by atoms with Crippen molar-refractivity contribution in [3.63, 3.8) is 0 Å². The van der Waals surface area contributed by atoms with Gasteiger partial charge in [0.25, 0.3) is 0 Å². The Hall–Kier alpha value is -1.23. The van der Waals surface area contributed by atoms with Crippen molar-refractivity contribution < 1.29 is 13.2 Å². The quantitative estimate of drug-likeness (QED) is 0.785. The van der Waals surface area contributed by atoms with Crippen LogP contribution in [0.15, 0.2) is 47.4 Å². The van der Waals surface area contributed by atoms with Gasteiger partial charge < -0.3 is 4.74 Å². The van der Waals surface area contributed by atoms with Gasteiger partial charge in [0.2, 0.25) is 0 Å². The summed E-state index contributed by atoms with van der Waals surface area (Å²) in [6, 6.07) is 11.7. The number of rotatable bonds is 4. The van der Waals surface area contributed by atoms with Gasteiger partial charge in [-0.05, 0) is 35.9 Å². The Morgan fingerprint density at radius 1 is 1.10 bits per heavy atom. The molecule has 0 aliphatic rings. The van der Waals surface area contributed by atoms with E-state index in [1.165, 1.54) is 18.4 Å². The minimum absolute atomic E-state index is 0.258. The van der Waals surface area contributed by atoms with Gasteiger partial charge in [0.15, 0.2) is 9.84 Å². The Morgan fingerprint density at radius 2 is 1.71 bits per heavy atom. The Morgan fingerprint density at radius 3 is 2.24 bits per heavy atom. The summed E-state index contributed by atoms with van der Waals surface area (Å²) in [5, 5.41) is 0.0801. The van der Waals surface area contributed by atoms with Crippen molar-refractivity contribution in [1.29, 1.82) is 0 Å². The number of sulfone groups is 1. The van der Waals surface area contributed by atoms with Gasteiger partial charge in [-0.25, -0.2) is 8.42 Å². The lowest BCUT2D eigenvalue weighted by Crippen LogP contribution is -2.00. The van der Waals surface area contributed by atoms with E-state index in [0.717, 1.165) is 11.1 Å². The van der Waals surface area contributed by atoms with E-state index >= 15 is 0 Å². The van der Waals surface area contributed by atoms with Crippen molar-refractivity contribution in [3.8, 4) is 5.75 Å². The highest BCUT2D eigenvalue weighted by Gasteiger charge is 2.17. The summed E-state index contributed by atoms with van der Waals surface area (Å²) >= 11 is 12.5. The molecule has 1 unspecified atom stereocenters. The molecule has 2 aromatic carbocycles. The molecule has 0 fully saturated rings. The van der Waals surface area contributed by atoms with E-state index in [1.807, 2.05) is 0 Å². The minimum Gasteiger partial charge on any atom is -0.496 e. The van der Waals surface area contributed by atoms with Crippen LogP contribution in [0.3, 0.4) is 0 Å².